The van der Waals surface area contributed by atoms with Gasteiger partial charge in [-0.2, -0.15) is 0 Å². The Bertz CT molecular complexity index is 930. The summed E-state index contributed by atoms with van der Waals surface area (Å²) < 4.78 is 26.1. The minimum absolute atomic E-state index is 0.0297. The van der Waals surface area contributed by atoms with E-state index in [0.29, 0.717) is 28.7 Å². The number of hydrogen-bond acceptors (Lipinski definition) is 7. The molecule has 27 heavy (non-hydrogen) atoms. The quantitative estimate of drug-likeness (QED) is 0.801. The van der Waals surface area contributed by atoms with Gasteiger partial charge in [-0.1, -0.05) is 11.6 Å². The second kappa shape index (κ2) is 6.88. The predicted octanol–water partition coefficient (Wildman–Crippen LogP) is 2.98. The van der Waals surface area contributed by atoms with Crippen LogP contribution in [0.2, 0.25) is 5.02 Å². The van der Waals surface area contributed by atoms with Crippen molar-refractivity contribution in [2.45, 2.75) is 13.0 Å². The minimum Gasteiger partial charge on any atom is -0.454 e. The molecule has 1 amide bonds. The molecule has 1 atom stereocenters. The largest absolute Gasteiger partial charge is 0.454 e. The van der Waals surface area contributed by atoms with Crippen LogP contribution < -0.4 is 24.3 Å². The first-order valence-electron chi connectivity index (χ1n) is 8.02. The van der Waals surface area contributed by atoms with Crippen LogP contribution in [-0.4, -0.2) is 31.6 Å². The molecule has 0 aromatic heterocycles. The first-order valence-corrected chi connectivity index (χ1v) is 8.39. The number of anilines is 1. The Morgan fingerprint density at radius 3 is 2.63 bits per heavy atom. The third kappa shape index (κ3) is 3.43. The van der Waals surface area contributed by atoms with E-state index in [4.69, 9.17) is 35.3 Å². The number of carbonyl (C=O) groups is 2. The number of ether oxygens (including phenoxy) is 5. The van der Waals surface area contributed by atoms with Crippen LogP contribution in [-0.2, 0) is 9.53 Å². The molecule has 1 unspecified atom stereocenters. The molecule has 0 fully saturated rings. The Balaban J connectivity index is 1.41. The molecular weight excluding hydrogens is 378 g/mol. The van der Waals surface area contributed by atoms with Crippen molar-refractivity contribution < 1.29 is 33.3 Å². The van der Waals surface area contributed by atoms with E-state index >= 15 is 0 Å². The number of benzene rings is 2. The summed E-state index contributed by atoms with van der Waals surface area (Å²) in [6.07, 6.45) is -1.04. The number of rotatable bonds is 4. The van der Waals surface area contributed by atoms with Crippen molar-refractivity contribution in [3.63, 3.8) is 0 Å². The van der Waals surface area contributed by atoms with Crippen molar-refractivity contribution in [3.05, 3.63) is 40.9 Å². The van der Waals surface area contributed by atoms with E-state index in [2.05, 4.69) is 5.32 Å². The maximum absolute atomic E-state index is 12.3. The molecular formula is C18H14ClNO7. The summed E-state index contributed by atoms with van der Waals surface area (Å²) >= 11 is 6.06. The molecule has 140 valence electrons. The zero-order valence-electron chi connectivity index (χ0n) is 14.1. The van der Waals surface area contributed by atoms with Gasteiger partial charge in [-0.3, -0.25) is 4.79 Å². The molecule has 0 bridgehead atoms. The van der Waals surface area contributed by atoms with E-state index < -0.39 is 18.0 Å². The summed E-state index contributed by atoms with van der Waals surface area (Å²) in [5, 5.41) is 2.89. The van der Waals surface area contributed by atoms with E-state index in [0.717, 1.165) is 0 Å². The standard InChI is InChI=1S/C18H14ClNO7/c1-9(17(21)20-11-2-3-13-14(6-11)24-7-23-13)27-18(22)10-4-12(19)16-15(5-10)25-8-26-16/h2-6,9H,7-8H2,1H3,(H,20,21). The van der Waals surface area contributed by atoms with E-state index in [1.807, 2.05) is 0 Å². The molecule has 0 spiro atoms. The van der Waals surface area contributed by atoms with Gasteiger partial charge in [-0.05, 0) is 31.2 Å². The van der Waals surface area contributed by atoms with Crippen molar-refractivity contribution in [3.8, 4) is 23.0 Å². The number of fused-ring (bicyclic) bond motifs is 2. The van der Waals surface area contributed by atoms with Crippen LogP contribution in [0.4, 0.5) is 5.69 Å². The fraction of sp³-hybridized carbons (Fsp3) is 0.222. The zero-order valence-corrected chi connectivity index (χ0v) is 14.9. The van der Waals surface area contributed by atoms with Crippen LogP contribution in [0, 0.1) is 0 Å². The highest BCUT2D eigenvalue weighted by Gasteiger charge is 2.24. The molecule has 0 radical (unpaired) electrons. The van der Waals surface area contributed by atoms with Gasteiger partial charge in [0.2, 0.25) is 13.6 Å². The highest BCUT2D eigenvalue weighted by molar-refractivity contribution is 6.32. The zero-order chi connectivity index (χ0) is 19.0. The van der Waals surface area contributed by atoms with Crippen LogP contribution in [0.1, 0.15) is 17.3 Å². The van der Waals surface area contributed by atoms with Gasteiger partial charge >= 0.3 is 5.97 Å². The second-order valence-electron chi connectivity index (χ2n) is 5.80. The second-order valence-corrected chi connectivity index (χ2v) is 6.20. The molecule has 0 aliphatic carbocycles. The van der Waals surface area contributed by atoms with Gasteiger partial charge in [0.15, 0.2) is 29.1 Å². The lowest BCUT2D eigenvalue weighted by Crippen LogP contribution is -2.30. The van der Waals surface area contributed by atoms with Gasteiger partial charge < -0.3 is 29.0 Å². The summed E-state index contributed by atoms with van der Waals surface area (Å²) in [4.78, 5) is 24.6. The van der Waals surface area contributed by atoms with E-state index in [9.17, 15) is 9.59 Å². The topological polar surface area (TPSA) is 92.3 Å². The number of amides is 1. The molecule has 4 rings (SSSR count). The summed E-state index contributed by atoms with van der Waals surface area (Å²) in [7, 11) is 0. The molecule has 2 aliphatic rings. The maximum atomic E-state index is 12.3. The van der Waals surface area contributed by atoms with Crippen molar-refractivity contribution in [2.75, 3.05) is 18.9 Å². The lowest BCUT2D eigenvalue weighted by molar-refractivity contribution is -0.123. The first-order chi connectivity index (χ1) is 13.0. The Kier molecular flexibility index (Phi) is 4.41. The molecule has 8 nitrogen and oxygen atoms in total. The summed E-state index contributed by atoms with van der Waals surface area (Å²) in [5.41, 5.74) is 0.658. The van der Waals surface area contributed by atoms with Gasteiger partial charge in [0.25, 0.3) is 5.91 Å². The number of nitrogens with one attached hydrogen (secondary N) is 1. The van der Waals surface area contributed by atoms with Crippen LogP contribution in [0.5, 0.6) is 23.0 Å². The van der Waals surface area contributed by atoms with Gasteiger partial charge in [-0.25, -0.2) is 4.79 Å². The van der Waals surface area contributed by atoms with Crippen LogP contribution in [0.25, 0.3) is 0 Å². The predicted molar refractivity (Wildman–Crippen MR) is 93.6 cm³/mol. The summed E-state index contributed by atoms with van der Waals surface area (Å²) in [6, 6.07) is 7.84. The number of esters is 1. The number of carbonyl (C=O) groups excluding carboxylic acids is 2. The first kappa shape index (κ1) is 17.3. The van der Waals surface area contributed by atoms with Crippen molar-refractivity contribution >= 4 is 29.2 Å². The third-order valence-corrected chi connectivity index (χ3v) is 4.24. The average Bonchev–Trinajstić information content (AvgIpc) is 3.30. The lowest BCUT2D eigenvalue weighted by Gasteiger charge is -2.14. The maximum Gasteiger partial charge on any atom is 0.339 e. The van der Waals surface area contributed by atoms with E-state index in [1.165, 1.54) is 19.1 Å². The lowest BCUT2D eigenvalue weighted by atomic mass is 10.2. The fourth-order valence-electron chi connectivity index (χ4n) is 2.59. The molecule has 2 heterocycles. The third-order valence-electron chi connectivity index (χ3n) is 3.96. The smallest absolute Gasteiger partial charge is 0.339 e. The van der Waals surface area contributed by atoms with Gasteiger partial charge in [-0.15, -0.1) is 0 Å². The highest BCUT2D eigenvalue weighted by Crippen LogP contribution is 2.40. The minimum atomic E-state index is -1.04. The van der Waals surface area contributed by atoms with Crippen LogP contribution in [0.15, 0.2) is 30.3 Å². The molecule has 2 aromatic carbocycles. The number of halogens is 1. The highest BCUT2D eigenvalue weighted by atomic mass is 35.5. The molecule has 0 saturated carbocycles. The van der Waals surface area contributed by atoms with Gasteiger partial charge in [0.1, 0.15) is 0 Å². The number of hydrogen-bond donors (Lipinski definition) is 1. The van der Waals surface area contributed by atoms with E-state index in [1.54, 1.807) is 18.2 Å². The normalized spacial score (nSPS) is 14.6. The summed E-state index contributed by atoms with van der Waals surface area (Å²) in [5.74, 6) is 0.672. The molecule has 2 aromatic rings. The van der Waals surface area contributed by atoms with Crippen molar-refractivity contribution in [1.82, 2.24) is 0 Å². The van der Waals surface area contributed by atoms with Gasteiger partial charge in [0.05, 0.1) is 10.6 Å². The average molecular weight is 392 g/mol. The Labute approximate surface area is 158 Å². The Morgan fingerprint density at radius 2 is 1.78 bits per heavy atom. The van der Waals surface area contributed by atoms with Crippen molar-refractivity contribution in [2.24, 2.45) is 0 Å². The Morgan fingerprint density at radius 1 is 1.04 bits per heavy atom. The summed E-state index contributed by atoms with van der Waals surface area (Å²) in [6.45, 7) is 1.63. The van der Waals surface area contributed by atoms with Crippen molar-refractivity contribution in [1.29, 1.82) is 0 Å². The molecule has 1 N–H and O–H groups in total. The molecule has 9 heteroatoms. The van der Waals surface area contributed by atoms with E-state index in [-0.39, 0.29) is 24.2 Å². The molecule has 2 aliphatic heterocycles. The van der Waals surface area contributed by atoms with Crippen LogP contribution >= 0.6 is 11.6 Å². The molecule has 0 saturated heterocycles. The van der Waals surface area contributed by atoms with Crippen LogP contribution in [0.3, 0.4) is 0 Å². The monoisotopic (exact) mass is 391 g/mol. The Hall–Kier alpha value is -3.13. The van der Waals surface area contributed by atoms with Gasteiger partial charge in [0, 0.05) is 11.8 Å². The fourth-order valence-corrected chi connectivity index (χ4v) is 2.85. The SMILES string of the molecule is CC(OC(=O)c1cc(Cl)c2c(c1)OCO2)C(=O)Nc1ccc2c(c1)OCO2.